The third-order valence-electron chi connectivity index (χ3n) is 3.50. The Morgan fingerprint density at radius 1 is 1.47 bits per heavy atom. The SMILES string of the molecule is Cc1cc(N)cnc1N1CCCC(N(C)C)C1. The van der Waals surface area contributed by atoms with Crippen LogP contribution in [0.15, 0.2) is 12.3 Å². The van der Waals surface area contributed by atoms with E-state index in [4.69, 9.17) is 5.73 Å². The predicted octanol–water partition coefficient (Wildman–Crippen LogP) is 1.50. The van der Waals surface area contributed by atoms with Crippen LogP contribution in [0.25, 0.3) is 0 Å². The summed E-state index contributed by atoms with van der Waals surface area (Å²) >= 11 is 0. The van der Waals surface area contributed by atoms with Crippen LogP contribution >= 0.6 is 0 Å². The summed E-state index contributed by atoms with van der Waals surface area (Å²) in [5, 5.41) is 0. The fourth-order valence-electron chi connectivity index (χ4n) is 2.49. The Balaban J connectivity index is 2.16. The standard InChI is InChI=1S/C13H22N4/c1-10-7-11(14)8-15-13(10)17-6-4-5-12(9-17)16(2)3/h7-8,12H,4-6,9,14H2,1-3H3. The molecule has 94 valence electrons. The molecule has 1 aromatic rings. The number of hydrogen-bond acceptors (Lipinski definition) is 4. The molecule has 1 unspecified atom stereocenters. The number of anilines is 2. The average Bonchev–Trinajstić information content (AvgIpc) is 2.29. The number of rotatable bonds is 2. The van der Waals surface area contributed by atoms with Crippen LogP contribution in [0.5, 0.6) is 0 Å². The third-order valence-corrected chi connectivity index (χ3v) is 3.50. The Bertz CT molecular complexity index is 389. The van der Waals surface area contributed by atoms with Gasteiger partial charge in [0.15, 0.2) is 0 Å². The van der Waals surface area contributed by atoms with Gasteiger partial charge in [0.2, 0.25) is 0 Å². The number of pyridine rings is 1. The molecule has 2 rings (SSSR count). The van der Waals surface area contributed by atoms with Crippen molar-refractivity contribution in [2.75, 3.05) is 37.8 Å². The monoisotopic (exact) mass is 234 g/mol. The van der Waals surface area contributed by atoms with Gasteiger partial charge < -0.3 is 15.5 Å². The Kier molecular flexibility index (Phi) is 3.52. The number of likely N-dealkylation sites (N-methyl/N-ethyl adjacent to an activating group) is 1. The van der Waals surface area contributed by atoms with E-state index in [-0.39, 0.29) is 0 Å². The molecule has 2 N–H and O–H groups in total. The van der Waals surface area contributed by atoms with Gasteiger partial charge in [-0.25, -0.2) is 4.98 Å². The summed E-state index contributed by atoms with van der Waals surface area (Å²) in [6.45, 7) is 4.24. The second-order valence-electron chi connectivity index (χ2n) is 5.11. The van der Waals surface area contributed by atoms with Crippen LogP contribution in [-0.4, -0.2) is 43.1 Å². The van der Waals surface area contributed by atoms with Crippen LogP contribution in [0, 0.1) is 6.92 Å². The van der Waals surface area contributed by atoms with Crippen LogP contribution in [0.3, 0.4) is 0 Å². The van der Waals surface area contributed by atoms with Crippen molar-refractivity contribution in [3.8, 4) is 0 Å². The molecule has 0 radical (unpaired) electrons. The Hall–Kier alpha value is -1.29. The highest BCUT2D eigenvalue weighted by Crippen LogP contribution is 2.23. The molecule has 1 saturated heterocycles. The minimum absolute atomic E-state index is 0.627. The van der Waals surface area contributed by atoms with Crippen LogP contribution in [0.2, 0.25) is 0 Å². The van der Waals surface area contributed by atoms with Crippen LogP contribution < -0.4 is 10.6 Å². The maximum absolute atomic E-state index is 5.74. The van der Waals surface area contributed by atoms with E-state index in [0.29, 0.717) is 6.04 Å². The Morgan fingerprint density at radius 3 is 2.88 bits per heavy atom. The van der Waals surface area contributed by atoms with Gasteiger partial charge in [0.05, 0.1) is 11.9 Å². The fraction of sp³-hybridized carbons (Fsp3) is 0.615. The van der Waals surface area contributed by atoms with Crippen molar-refractivity contribution >= 4 is 11.5 Å². The number of nitrogens with two attached hydrogens (primary N) is 1. The van der Waals surface area contributed by atoms with Crippen molar-refractivity contribution < 1.29 is 0 Å². The molecule has 1 aromatic heterocycles. The number of nitrogen functional groups attached to an aromatic ring is 1. The first kappa shape index (κ1) is 12.2. The van der Waals surface area contributed by atoms with E-state index in [9.17, 15) is 0 Å². The number of nitrogens with zero attached hydrogens (tertiary/aromatic N) is 3. The molecular weight excluding hydrogens is 212 g/mol. The van der Waals surface area contributed by atoms with E-state index in [1.54, 1.807) is 6.20 Å². The molecule has 4 heteroatoms. The summed E-state index contributed by atoms with van der Waals surface area (Å²) in [6.07, 6.45) is 4.26. The molecule has 1 fully saturated rings. The molecule has 1 atom stereocenters. The lowest BCUT2D eigenvalue weighted by atomic mass is 10.0. The van der Waals surface area contributed by atoms with Gasteiger partial charge in [0, 0.05) is 19.1 Å². The largest absolute Gasteiger partial charge is 0.397 e. The van der Waals surface area contributed by atoms with Gasteiger partial charge in [-0.05, 0) is 45.5 Å². The molecular formula is C13H22N4. The molecule has 4 nitrogen and oxygen atoms in total. The van der Waals surface area contributed by atoms with Gasteiger partial charge in [0.25, 0.3) is 0 Å². The summed E-state index contributed by atoms with van der Waals surface area (Å²) in [5.74, 6) is 1.09. The minimum Gasteiger partial charge on any atom is -0.397 e. The average molecular weight is 234 g/mol. The van der Waals surface area contributed by atoms with E-state index in [1.807, 2.05) is 6.07 Å². The highest BCUT2D eigenvalue weighted by Gasteiger charge is 2.23. The number of piperidine rings is 1. The van der Waals surface area contributed by atoms with Crippen molar-refractivity contribution in [2.24, 2.45) is 0 Å². The number of aryl methyl sites for hydroxylation is 1. The fourth-order valence-corrected chi connectivity index (χ4v) is 2.49. The molecule has 17 heavy (non-hydrogen) atoms. The minimum atomic E-state index is 0.627. The summed E-state index contributed by atoms with van der Waals surface area (Å²) < 4.78 is 0. The van der Waals surface area contributed by atoms with Crippen molar-refractivity contribution in [3.63, 3.8) is 0 Å². The molecule has 2 heterocycles. The lowest BCUT2D eigenvalue weighted by Crippen LogP contribution is -2.45. The second-order valence-corrected chi connectivity index (χ2v) is 5.11. The van der Waals surface area contributed by atoms with Gasteiger partial charge in [0.1, 0.15) is 5.82 Å². The quantitative estimate of drug-likeness (QED) is 0.842. The van der Waals surface area contributed by atoms with Crippen molar-refractivity contribution in [2.45, 2.75) is 25.8 Å². The maximum atomic E-state index is 5.74. The van der Waals surface area contributed by atoms with E-state index in [1.165, 1.54) is 18.4 Å². The molecule has 0 saturated carbocycles. The van der Waals surface area contributed by atoms with E-state index >= 15 is 0 Å². The molecule has 1 aliphatic rings. The predicted molar refractivity (Wildman–Crippen MR) is 72.3 cm³/mol. The first-order chi connectivity index (χ1) is 8.08. The van der Waals surface area contributed by atoms with Crippen LogP contribution in [0.4, 0.5) is 11.5 Å². The molecule has 0 bridgehead atoms. The lowest BCUT2D eigenvalue weighted by molar-refractivity contribution is 0.257. The van der Waals surface area contributed by atoms with Gasteiger partial charge in [-0.2, -0.15) is 0 Å². The van der Waals surface area contributed by atoms with E-state index in [2.05, 4.69) is 35.8 Å². The Morgan fingerprint density at radius 2 is 2.24 bits per heavy atom. The zero-order valence-electron chi connectivity index (χ0n) is 11.0. The molecule has 1 aliphatic heterocycles. The zero-order valence-corrected chi connectivity index (χ0v) is 11.0. The van der Waals surface area contributed by atoms with Gasteiger partial charge in [-0.1, -0.05) is 0 Å². The molecule has 0 aromatic carbocycles. The van der Waals surface area contributed by atoms with Crippen molar-refractivity contribution in [1.29, 1.82) is 0 Å². The molecule has 0 amide bonds. The molecule has 0 aliphatic carbocycles. The zero-order chi connectivity index (χ0) is 12.4. The Labute approximate surface area is 103 Å². The summed E-state index contributed by atoms with van der Waals surface area (Å²) in [4.78, 5) is 9.16. The summed E-state index contributed by atoms with van der Waals surface area (Å²) in [5.41, 5.74) is 7.66. The number of aromatic nitrogens is 1. The van der Waals surface area contributed by atoms with E-state index in [0.717, 1.165) is 24.6 Å². The third kappa shape index (κ3) is 2.69. The first-order valence-corrected chi connectivity index (χ1v) is 6.21. The normalized spacial score (nSPS) is 20.9. The lowest BCUT2D eigenvalue weighted by Gasteiger charge is -2.37. The van der Waals surface area contributed by atoms with Crippen molar-refractivity contribution in [3.05, 3.63) is 17.8 Å². The van der Waals surface area contributed by atoms with Gasteiger partial charge >= 0.3 is 0 Å². The summed E-state index contributed by atoms with van der Waals surface area (Å²) in [6, 6.07) is 2.63. The first-order valence-electron chi connectivity index (χ1n) is 6.21. The van der Waals surface area contributed by atoms with Crippen LogP contribution in [0.1, 0.15) is 18.4 Å². The molecule has 0 spiro atoms. The summed E-state index contributed by atoms with van der Waals surface area (Å²) in [7, 11) is 4.30. The highest BCUT2D eigenvalue weighted by molar-refractivity contribution is 5.52. The smallest absolute Gasteiger partial charge is 0.131 e. The van der Waals surface area contributed by atoms with Gasteiger partial charge in [-0.3, -0.25) is 0 Å². The van der Waals surface area contributed by atoms with Crippen LogP contribution in [-0.2, 0) is 0 Å². The van der Waals surface area contributed by atoms with Crippen molar-refractivity contribution in [1.82, 2.24) is 9.88 Å². The van der Waals surface area contributed by atoms with Gasteiger partial charge in [-0.15, -0.1) is 0 Å². The highest BCUT2D eigenvalue weighted by atomic mass is 15.2. The number of hydrogen-bond donors (Lipinski definition) is 1. The topological polar surface area (TPSA) is 45.4 Å². The maximum Gasteiger partial charge on any atom is 0.131 e. The van der Waals surface area contributed by atoms with E-state index < -0.39 is 0 Å². The second kappa shape index (κ2) is 4.92.